The summed E-state index contributed by atoms with van der Waals surface area (Å²) in [7, 11) is 0. The maximum absolute atomic E-state index is 8.70. The Morgan fingerprint density at radius 1 is 1.31 bits per heavy atom. The molecule has 1 N–H and O–H groups in total. The number of nitrogens with one attached hydrogen (secondary N) is 1. The molecule has 0 bridgehead atoms. The van der Waals surface area contributed by atoms with Crippen LogP contribution in [0.5, 0.6) is 0 Å². The maximum atomic E-state index is 8.70. The van der Waals surface area contributed by atoms with Crippen LogP contribution in [-0.2, 0) is 0 Å². The Labute approximate surface area is 97.8 Å². The standard InChI is InChI=1S/C12H20N4/c1-11(16(8-5-13)9-6-14)10-12-4-2-3-7-15-12/h11-12,15H,2-4,7-10H2,1H3. The molecule has 0 saturated carbocycles. The highest BCUT2D eigenvalue weighted by Crippen LogP contribution is 2.14. The van der Waals surface area contributed by atoms with Crippen molar-refractivity contribution in [3.05, 3.63) is 0 Å². The first-order chi connectivity index (χ1) is 7.77. The lowest BCUT2D eigenvalue weighted by Crippen LogP contribution is -2.42. The highest BCUT2D eigenvalue weighted by molar-refractivity contribution is 4.88. The van der Waals surface area contributed by atoms with E-state index in [-0.39, 0.29) is 0 Å². The van der Waals surface area contributed by atoms with Gasteiger partial charge in [0, 0.05) is 12.1 Å². The normalized spacial score (nSPS) is 22.4. The van der Waals surface area contributed by atoms with Gasteiger partial charge in [-0.05, 0) is 32.7 Å². The van der Waals surface area contributed by atoms with E-state index in [4.69, 9.17) is 10.5 Å². The highest BCUT2D eigenvalue weighted by Gasteiger charge is 2.19. The molecule has 88 valence electrons. The Balaban J connectivity index is 2.38. The summed E-state index contributed by atoms with van der Waals surface area (Å²) in [5.74, 6) is 0. The lowest BCUT2D eigenvalue weighted by Gasteiger charge is -2.30. The molecule has 1 rings (SSSR count). The van der Waals surface area contributed by atoms with Crippen LogP contribution in [0.3, 0.4) is 0 Å². The van der Waals surface area contributed by atoms with E-state index < -0.39 is 0 Å². The Kier molecular flexibility index (Phi) is 5.85. The number of piperidine rings is 1. The van der Waals surface area contributed by atoms with Crippen LogP contribution in [0.2, 0.25) is 0 Å². The molecule has 4 nitrogen and oxygen atoms in total. The van der Waals surface area contributed by atoms with Gasteiger partial charge in [-0.2, -0.15) is 10.5 Å². The van der Waals surface area contributed by atoms with Crippen molar-refractivity contribution < 1.29 is 0 Å². The highest BCUT2D eigenvalue weighted by atomic mass is 15.1. The van der Waals surface area contributed by atoms with Gasteiger partial charge in [-0.3, -0.25) is 4.90 Å². The van der Waals surface area contributed by atoms with E-state index in [0.29, 0.717) is 25.2 Å². The molecule has 1 aliphatic heterocycles. The van der Waals surface area contributed by atoms with Crippen LogP contribution in [-0.4, -0.2) is 36.6 Å². The van der Waals surface area contributed by atoms with Crippen LogP contribution in [0.1, 0.15) is 32.6 Å². The molecule has 2 unspecified atom stereocenters. The summed E-state index contributed by atoms with van der Waals surface area (Å²) in [6, 6.07) is 5.11. The van der Waals surface area contributed by atoms with Crippen molar-refractivity contribution in [1.29, 1.82) is 10.5 Å². The molecule has 4 heteroatoms. The molecule has 0 aromatic rings. The summed E-state index contributed by atoms with van der Waals surface area (Å²) < 4.78 is 0. The van der Waals surface area contributed by atoms with E-state index >= 15 is 0 Å². The van der Waals surface area contributed by atoms with Gasteiger partial charge in [-0.1, -0.05) is 6.42 Å². The number of nitrogens with zero attached hydrogens (tertiary/aromatic N) is 3. The molecule has 1 aliphatic rings. The van der Waals surface area contributed by atoms with Crippen molar-refractivity contribution in [3.63, 3.8) is 0 Å². The van der Waals surface area contributed by atoms with Gasteiger partial charge in [-0.25, -0.2) is 0 Å². The summed E-state index contributed by atoms with van der Waals surface area (Å²) in [5, 5.41) is 20.9. The van der Waals surface area contributed by atoms with Gasteiger partial charge in [0.05, 0.1) is 25.2 Å². The average molecular weight is 220 g/mol. The van der Waals surface area contributed by atoms with Crippen LogP contribution >= 0.6 is 0 Å². The average Bonchev–Trinajstić information content (AvgIpc) is 2.30. The van der Waals surface area contributed by atoms with E-state index in [1.807, 2.05) is 4.90 Å². The van der Waals surface area contributed by atoms with Crippen LogP contribution in [0.4, 0.5) is 0 Å². The molecular formula is C12H20N4. The summed E-state index contributed by atoms with van der Waals surface area (Å²) >= 11 is 0. The zero-order valence-electron chi connectivity index (χ0n) is 9.95. The molecule has 1 heterocycles. The minimum absolute atomic E-state index is 0.301. The van der Waals surface area contributed by atoms with Gasteiger partial charge in [0.2, 0.25) is 0 Å². The zero-order chi connectivity index (χ0) is 11.8. The number of rotatable bonds is 5. The molecule has 0 aromatic heterocycles. The van der Waals surface area contributed by atoms with E-state index in [9.17, 15) is 0 Å². The van der Waals surface area contributed by atoms with Crippen molar-refractivity contribution in [2.45, 2.75) is 44.7 Å². The first-order valence-corrected chi connectivity index (χ1v) is 5.99. The van der Waals surface area contributed by atoms with Crippen LogP contribution in [0.15, 0.2) is 0 Å². The largest absolute Gasteiger partial charge is 0.314 e. The number of hydrogen-bond acceptors (Lipinski definition) is 4. The minimum Gasteiger partial charge on any atom is -0.314 e. The van der Waals surface area contributed by atoms with Gasteiger partial charge in [-0.15, -0.1) is 0 Å². The summed E-state index contributed by atoms with van der Waals surface area (Å²) in [6.45, 7) is 3.90. The Morgan fingerprint density at radius 3 is 2.50 bits per heavy atom. The van der Waals surface area contributed by atoms with Gasteiger partial charge in [0.15, 0.2) is 0 Å². The van der Waals surface area contributed by atoms with E-state index in [1.54, 1.807) is 0 Å². The van der Waals surface area contributed by atoms with Crippen LogP contribution in [0.25, 0.3) is 0 Å². The van der Waals surface area contributed by atoms with Crippen molar-refractivity contribution in [1.82, 2.24) is 10.2 Å². The van der Waals surface area contributed by atoms with Gasteiger partial charge in [0.25, 0.3) is 0 Å². The summed E-state index contributed by atoms with van der Waals surface area (Å²) in [6.07, 6.45) is 4.81. The third-order valence-corrected chi connectivity index (χ3v) is 3.21. The first-order valence-electron chi connectivity index (χ1n) is 5.99. The van der Waals surface area contributed by atoms with Gasteiger partial charge >= 0.3 is 0 Å². The second-order valence-electron chi connectivity index (χ2n) is 4.45. The molecule has 0 aromatic carbocycles. The molecule has 1 fully saturated rings. The molecule has 0 amide bonds. The fourth-order valence-electron chi connectivity index (χ4n) is 2.24. The number of nitriles is 2. The first kappa shape index (κ1) is 13.0. The lowest BCUT2D eigenvalue weighted by atomic mass is 9.98. The van der Waals surface area contributed by atoms with E-state index in [1.165, 1.54) is 19.3 Å². The fraction of sp³-hybridized carbons (Fsp3) is 0.833. The number of hydrogen-bond donors (Lipinski definition) is 1. The molecule has 0 radical (unpaired) electrons. The van der Waals surface area contributed by atoms with E-state index in [0.717, 1.165) is 13.0 Å². The van der Waals surface area contributed by atoms with Crippen molar-refractivity contribution >= 4 is 0 Å². The van der Waals surface area contributed by atoms with Crippen LogP contribution in [0, 0.1) is 22.7 Å². The molecule has 1 saturated heterocycles. The summed E-state index contributed by atoms with van der Waals surface area (Å²) in [5.41, 5.74) is 0. The second-order valence-corrected chi connectivity index (χ2v) is 4.45. The predicted octanol–water partition coefficient (Wildman–Crippen LogP) is 1.26. The van der Waals surface area contributed by atoms with Crippen molar-refractivity contribution in [2.24, 2.45) is 0 Å². The van der Waals surface area contributed by atoms with Gasteiger partial charge in [0.1, 0.15) is 0 Å². The summed E-state index contributed by atoms with van der Waals surface area (Å²) in [4.78, 5) is 1.94. The third kappa shape index (κ3) is 4.18. The molecule has 2 atom stereocenters. The second kappa shape index (κ2) is 7.22. The minimum atomic E-state index is 0.301. The van der Waals surface area contributed by atoms with Crippen molar-refractivity contribution in [2.75, 3.05) is 19.6 Å². The molecule has 0 spiro atoms. The Hall–Kier alpha value is -1.10. The smallest absolute Gasteiger partial charge is 0.0876 e. The van der Waals surface area contributed by atoms with Crippen LogP contribution < -0.4 is 5.32 Å². The SMILES string of the molecule is CC(CC1CCCCN1)N(CC#N)CC#N. The maximum Gasteiger partial charge on any atom is 0.0876 e. The monoisotopic (exact) mass is 220 g/mol. The van der Waals surface area contributed by atoms with E-state index in [2.05, 4.69) is 24.4 Å². The topological polar surface area (TPSA) is 62.9 Å². The quantitative estimate of drug-likeness (QED) is 0.708. The molecular weight excluding hydrogens is 200 g/mol. The molecule has 0 aliphatic carbocycles. The zero-order valence-corrected chi connectivity index (χ0v) is 9.95. The third-order valence-electron chi connectivity index (χ3n) is 3.21. The predicted molar refractivity (Wildman–Crippen MR) is 62.5 cm³/mol. The fourth-order valence-corrected chi connectivity index (χ4v) is 2.24. The molecule has 16 heavy (non-hydrogen) atoms. The Bertz CT molecular complexity index is 254. The lowest BCUT2D eigenvalue weighted by molar-refractivity contribution is 0.218. The Morgan fingerprint density at radius 2 is 2.00 bits per heavy atom. The van der Waals surface area contributed by atoms with Crippen molar-refractivity contribution in [3.8, 4) is 12.1 Å². The van der Waals surface area contributed by atoms with Gasteiger partial charge < -0.3 is 5.32 Å².